The second-order valence-corrected chi connectivity index (χ2v) is 8.63. The number of pyridine rings is 1. The van der Waals surface area contributed by atoms with Crippen molar-refractivity contribution < 1.29 is 14.3 Å². The average Bonchev–Trinajstić information content (AvgIpc) is 3.33. The number of ether oxygens (including phenoxy) is 1. The Morgan fingerprint density at radius 3 is 2.72 bits per heavy atom. The van der Waals surface area contributed by atoms with Gasteiger partial charge in [-0.15, -0.1) is 0 Å². The average molecular weight is 497 g/mol. The van der Waals surface area contributed by atoms with Crippen molar-refractivity contribution in [2.45, 2.75) is 19.4 Å². The summed E-state index contributed by atoms with van der Waals surface area (Å²) in [5, 5.41) is 3.02. The van der Waals surface area contributed by atoms with Gasteiger partial charge in [-0.05, 0) is 55.3 Å². The fourth-order valence-electron chi connectivity index (χ4n) is 4.00. The molecule has 32 heavy (non-hydrogen) atoms. The monoisotopic (exact) mass is 496 g/mol. The lowest BCUT2D eigenvalue weighted by molar-refractivity contribution is -0.126. The molecule has 1 aliphatic heterocycles. The van der Waals surface area contributed by atoms with Crippen LogP contribution in [0.3, 0.4) is 0 Å². The van der Waals surface area contributed by atoms with Crippen LogP contribution in [0.5, 0.6) is 5.75 Å². The van der Waals surface area contributed by atoms with Crippen LogP contribution in [-0.2, 0) is 11.3 Å². The van der Waals surface area contributed by atoms with E-state index in [4.69, 9.17) is 4.74 Å². The van der Waals surface area contributed by atoms with Gasteiger partial charge in [-0.2, -0.15) is 0 Å². The topological polar surface area (TPSA) is 76.5 Å². The van der Waals surface area contributed by atoms with Gasteiger partial charge in [0.1, 0.15) is 11.4 Å². The number of carbonyl (C=O) groups excluding carboxylic acids is 2. The molecule has 0 atom stereocenters. The Hall–Kier alpha value is -3.13. The lowest BCUT2D eigenvalue weighted by atomic mass is 9.95. The smallest absolute Gasteiger partial charge is 0.270 e. The molecule has 0 spiro atoms. The van der Waals surface area contributed by atoms with Crippen molar-refractivity contribution in [2.24, 2.45) is 5.92 Å². The molecule has 166 valence electrons. The van der Waals surface area contributed by atoms with Crippen molar-refractivity contribution in [1.29, 1.82) is 0 Å². The van der Waals surface area contributed by atoms with Crippen molar-refractivity contribution in [3.05, 3.63) is 76.8 Å². The summed E-state index contributed by atoms with van der Waals surface area (Å²) in [5.74, 6) is 0.613. The van der Waals surface area contributed by atoms with Gasteiger partial charge in [0.2, 0.25) is 5.91 Å². The molecule has 1 saturated heterocycles. The standard InChI is InChI=1S/C24H25BrN4O3/c1-32-22-7-6-19(25)14-18(22)15-27-23(30)17-8-12-28(13-9-17)24(31)21-5-3-11-29(21)20-4-2-10-26-16-20/h2-7,10-11,14,16-17H,8-9,12-13,15H2,1H3,(H,27,30). The highest BCUT2D eigenvalue weighted by Crippen LogP contribution is 2.24. The Kier molecular flexibility index (Phi) is 6.90. The molecule has 1 aromatic carbocycles. The third-order valence-corrected chi connectivity index (χ3v) is 6.23. The molecule has 0 unspecified atom stereocenters. The summed E-state index contributed by atoms with van der Waals surface area (Å²) in [6, 6.07) is 13.2. The number of nitrogens with zero attached hydrogens (tertiary/aromatic N) is 3. The molecule has 2 amide bonds. The maximum atomic E-state index is 13.1. The third kappa shape index (κ3) is 4.85. The highest BCUT2D eigenvalue weighted by Gasteiger charge is 2.29. The first-order valence-electron chi connectivity index (χ1n) is 10.5. The number of carbonyl (C=O) groups is 2. The van der Waals surface area contributed by atoms with E-state index >= 15 is 0 Å². The van der Waals surface area contributed by atoms with Crippen molar-refractivity contribution in [3.8, 4) is 11.4 Å². The van der Waals surface area contributed by atoms with Crippen LogP contribution in [0.25, 0.3) is 5.69 Å². The Balaban J connectivity index is 1.34. The molecule has 1 N–H and O–H groups in total. The Morgan fingerprint density at radius 2 is 2.00 bits per heavy atom. The van der Waals surface area contributed by atoms with Gasteiger partial charge in [0, 0.05) is 48.0 Å². The predicted molar refractivity (Wildman–Crippen MR) is 125 cm³/mol. The fraction of sp³-hybridized carbons (Fsp3) is 0.292. The van der Waals surface area contributed by atoms with Crippen molar-refractivity contribution in [2.75, 3.05) is 20.2 Å². The number of rotatable bonds is 6. The predicted octanol–water partition coefficient (Wildman–Crippen LogP) is 3.81. The molecule has 2 aromatic heterocycles. The molecule has 0 saturated carbocycles. The minimum atomic E-state index is -0.109. The highest BCUT2D eigenvalue weighted by molar-refractivity contribution is 9.10. The van der Waals surface area contributed by atoms with E-state index in [0.29, 0.717) is 38.2 Å². The van der Waals surface area contributed by atoms with Gasteiger partial charge in [0.05, 0.1) is 19.0 Å². The van der Waals surface area contributed by atoms with Gasteiger partial charge >= 0.3 is 0 Å². The molecule has 0 aliphatic carbocycles. The third-order valence-electron chi connectivity index (χ3n) is 5.74. The number of nitrogens with one attached hydrogen (secondary N) is 1. The van der Waals surface area contributed by atoms with E-state index in [1.54, 1.807) is 19.5 Å². The molecule has 4 rings (SSSR count). The summed E-state index contributed by atoms with van der Waals surface area (Å²) < 4.78 is 8.16. The zero-order chi connectivity index (χ0) is 22.5. The van der Waals surface area contributed by atoms with E-state index in [1.165, 1.54) is 0 Å². The number of amides is 2. The minimum Gasteiger partial charge on any atom is -0.496 e. The van der Waals surface area contributed by atoms with Crippen molar-refractivity contribution in [1.82, 2.24) is 19.8 Å². The van der Waals surface area contributed by atoms with E-state index in [9.17, 15) is 9.59 Å². The first-order chi connectivity index (χ1) is 15.6. The minimum absolute atomic E-state index is 0.0119. The number of likely N-dealkylation sites (tertiary alicyclic amines) is 1. The largest absolute Gasteiger partial charge is 0.496 e. The van der Waals surface area contributed by atoms with Crippen LogP contribution in [-0.4, -0.2) is 46.5 Å². The van der Waals surface area contributed by atoms with Gasteiger partial charge in [-0.1, -0.05) is 15.9 Å². The van der Waals surface area contributed by atoms with Crippen LogP contribution < -0.4 is 10.1 Å². The lowest BCUT2D eigenvalue weighted by Crippen LogP contribution is -2.43. The Bertz CT molecular complexity index is 1090. The van der Waals surface area contributed by atoms with Crippen molar-refractivity contribution >= 4 is 27.7 Å². The van der Waals surface area contributed by atoms with Gasteiger partial charge in [-0.25, -0.2) is 0 Å². The summed E-state index contributed by atoms with van der Waals surface area (Å²) >= 11 is 3.45. The Morgan fingerprint density at radius 1 is 1.19 bits per heavy atom. The molecule has 3 aromatic rings. The first-order valence-corrected chi connectivity index (χ1v) is 11.3. The molecule has 0 radical (unpaired) electrons. The summed E-state index contributed by atoms with van der Waals surface area (Å²) in [5.41, 5.74) is 2.36. The highest BCUT2D eigenvalue weighted by atomic mass is 79.9. The molecule has 1 aliphatic rings. The van der Waals surface area contributed by atoms with Crippen LogP contribution in [0.1, 0.15) is 28.9 Å². The number of methoxy groups -OCH3 is 1. The van der Waals surface area contributed by atoms with Crippen molar-refractivity contribution in [3.63, 3.8) is 0 Å². The van der Waals surface area contributed by atoms with Gasteiger partial charge in [-0.3, -0.25) is 14.6 Å². The summed E-state index contributed by atoms with van der Waals surface area (Å²) in [6.45, 7) is 1.50. The second kappa shape index (κ2) is 9.99. The van der Waals surface area contributed by atoms with E-state index in [2.05, 4.69) is 26.2 Å². The lowest BCUT2D eigenvalue weighted by Gasteiger charge is -2.31. The molecular formula is C24H25BrN4O3. The van der Waals surface area contributed by atoms with E-state index in [0.717, 1.165) is 21.5 Å². The quantitative estimate of drug-likeness (QED) is 0.562. The molecule has 1 fully saturated rings. The summed E-state index contributed by atoms with van der Waals surface area (Å²) in [7, 11) is 1.62. The van der Waals surface area contributed by atoms with Crippen LogP contribution in [0.15, 0.2) is 65.5 Å². The number of aromatic nitrogens is 2. The zero-order valence-corrected chi connectivity index (χ0v) is 19.4. The first kappa shape index (κ1) is 22.1. The van der Waals surface area contributed by atoms with Gasteiger partial charge in [0.15, 0.2) is 0 Å². The van der Waals surface area contributed by atoms with Crippen LogP contribution in [0.4, 0.5) is 0 Å². The number of hydrogen-bond acceptors (Lipinski definition) is 4. The van der Waals surface area contributed by atoms with E-state index in [-0.39, 0.29) is 17.7 Å². The molecule has 8 heteroatoms. The van der Waals surface area contributed by atoms with Gasteiger partial charge < -0.3 is 19.5 Å². The maximum Gasteiger partial charge on any atom is 0.270 e. The number of piperidine rings is 1. The fourth-order valence-corrected chi connectivity index (χ4v) is 4.40. The summed E-state index contributed by atoms with van der Waals surface area (Å²) in [4.78, 5) is 31.8. The number of hydrogen-bond donors (Lipinski definition) is 1. The van der Waals surface area contributed by atoms with E-state index in [1.807, 2.05) is 58.1 Å². The van der Waals surface area contributed by atoms with Crippen LogP contribution in [0, 0.1) is 5.92 Å². The molecule has 0 bridgehead atoms. The van der Waals surface area contributed by atoms with Crippen LogP contribution >= 0.6 is 15.9 Å². The molecule has 3 heterocycles. The number of halogens is 1. The van der Waals surface area contributed by atoms with E-state index < -0.39 is 0 Å². The summed E-state index contributed by atoms with van der Waals surface area (Å²) in [6.07, 6.45) is 6.58. The SMILES string of the molecule is COc1ccc(Br)cc1CNC(=O)C1CCN(C(=O)c2cccn2-c2cccnc2)CC1. The number of benzene rings is 1. The van der Waals surface area contributed by atoms with Crippen LogP contribution in [0.2, 0.25) is 0 Å². The van der Waals surface area contributed by atoms with Gasteiger partial charge in [0.25, 0.3) is 5.91 Å². The maximum absolute atomic E-state index is 13.1. The normalized spacial score (nSPS) is 14.2. The molecule has 7 nitrogen and oxygen atoms in total. The second-order valence-electron chi connectivity index (χ2n) is 7.72. The Labute approximate surface area is 195 Å². The molecular weight excluding hydrogens is 472 g/mol. The zero-order valence-electron chi connectivity index (χ0n) is 17.8.